The molecule has 1 amide bonds. The molecule has 2 aliphatic rings. The molecule has 1 fully saturated rings. The van der Waals surface area contributed by atoms with Crippen LogP contribution in [0.15, 0.2) is 92.4 Å². The van der Waals surface area contributed by atoms with Crippen molar-refractivity contribution >= 4 is 55.2 Å². The van der Waals surface area contributed by atoms with E-state index < -0.39 is 4.92 Å². The van der Waals surface area contributed by atoms with Gasteiger partial charge in [-0.05, 0) is 78.4 Å². The molecule has 3 aromatic rings. The highest BCUT2D eigenvalue weighted by Crippen LogP contribution is 2.45. The summed E-state index contributed by atoms with van der Waals surface area (Å²) in [5, 5.41) is 17.5. The van der Waals surface area contributed by atoms with Gasteiger partial charge in [0.05, 0.1) is 16.7 Å². The molecule has 0 saturated heterocycles. The first-order chi connectivity index (χ1) is 16.9. The van der Waals surface area contributed by atoms with Crippen molar-refractivity contribution in [1.82, 2.24) is 5.01 Å². The van der Waals surface area contributed by atoms with Crippen LogP contribution in [0.25, 0.3) is 6.08 Å². The second-order valence-electron chi connectivity index (χ2n) is 8.66. The summed E-state index contributed by atoms with van der Waals surface area (Å²) in [6.07, 6.45) is 5.01. The molecule has 8 heteroatoms. The Kier molecular flexibility index (Phi) is 6.67. The summed E-state index contributed by atoms with van der Waals surface area (Å²) < 4.78 is 1.99. The fourth-order valence-corrected chi connectivity index (χ4v) is 5.31. The normalized spacial score (nSPS) is 20.5. The molecule has 3 aromatic carbocycles. The van der Waals surface area contributed by atoms with Crippen LogP contribution in [0.1, 0.15) is 46.8 Å². The number of rotatable bonds is 4. The van der Waals surface area contributed by atoms with Crippen molar-refractivity contribution in [3.63, 3.8) is 0 Å². The average molecular weight is 595 g/mol. The average Bonchev–Trinajstić information content (AvgIpc) is 3.26. The van der Waals surface area contributed by atoms with Crippen LogP contribution in [-0.4, -0.2) is 21.6 Å². The van der Waals surface area contributed by atoms with E-state index in [-0.39, 0.29) is 23.6 Å². The lowest BCUT2D eigenvalue weighted by atomic mass is 9.77. The van der Waals surface area contributed by atoms with Gasteiger partial charge in [-0.15, -0.1) is 0 Å². The number of hydrogen-bond acceptors (Lipinski definition) is 4. The number of fused-ring (bicyclic) bond motifs is 1. The minimum atomic E-state index is -0.470. The maximum Gasteiger partial charge on any atom is 0.274 e. The smallest absolute Gasteiger partial charge is 0.267 e. The zero-order valence-corrected chi connectivity index (χ0v) is 21.8. The largest absolute Gasteiger partial charge is 0.274 e. The van der Waals surface area contributed by atoms with Gasteiger partial charge < -0.3 is 0 Å². The molecule has 6 nitrogen and oxygen atoms in total. The van der Waals surface area contributed by atoms with Gasteiger partial charge in [-0.2, -0.15) is 5.10 Å². The van der Waals surface area contributed by atoms with Gasteiger partial charge in [-0.1, -0.05) is 56.1 Å². The van der Waals surface area contributed by atoms with Crippen molar-refractivity contribution in [2.45, 2.75) is 25.3 Å². The number of carbonyl (C=O) groups is 1. The maximum absolute atomic E-state index is 13.6. The molecule has 5 rings (SSSR count). The van der Waals surface area contributed by atoms with Crippen molar-refractivity contribution in [2.24, 2.45) is 11.0 Å². The van der Waals surface area contributed by atoms with E-state index >= 15 is 0 Å². The van der Waals surface area contributed by atoms with Gasteiger partial charge in [0.15, 0.2) is 0 Å². The number of allylic oxidation sites excluding steroid dienone is 1. The van der Waals surface area contributed by atoms with Gasteiger partial charge in [0, 0.05) is 32.6 Å². The zero-order valence-electron chi connectivity index (χ0n) is 18.6. The number of hydrogen-bond donors (Lipinski definition) is 0. The SMILES string of the molecule is O=C(c1ccc([N+](=O)[O-])cc1)N1N=C2C(=Cc3ccc(Br)cc3)CCCC2C1c1ccc(Br)cc1. The van der Waals surface area contributed by atoms with Gasteiger partial charge in [-0.3, -0.25) is 14.9 Å². The quantitative estimate of drug-likeness (QED) is 0.231. The summed E-state index contributed by atoms with van der Waals surface area (Å²) in [5.74, 6) is -0.189. The molecule has 0 aromatic heterocycles. The summed E-state index contributed by atoms with van der Waals surface area (Å²) in [5.41, 5.74) is 4.52. The minimum Gasteiger partial charge on any atom is -0.267 e. The van der Waals surface area contributed by atoms with Gasteiger partial charge >= 0.3 is 0 Å². The molecule has 1 aliphatic carbocycles. The fraction of sp³-hybridized carbons (Fsp3) is 0.185. The lowest BCUT2D eigenvalue weighted by molar-refractivity contribution is -0.384. The van der Waals surface area contributed by atoms with Gasteiger partial charge in [0.1, 0.15) is 0 Å². The Labute approximate surface area is 219 Å². The van der Waals surface area contributed by atoms with E-state index in [1.54, 1.807) is 5.01 Å². The third-order valence-electron chi connectivity index (χ3n) is 6.46. The van der Waals surface area contributed by atoms with Crippen molar-refractivity contribution < 1.29 is 9.72 Å². The highest BCUT2D eigenvalue weighted by Gasteiger charge is 2.44. The third-order valence-corrected chi connectivity index (χ3v) is 7.51. The number of benzene rings is 3. The van der Waals surface area contributed by atoms with Crippen LogP contribution < -0.4 is 0 Å². The molecule has 0 radical (unpaired) electrons. The van der Waals surface area contributed by atoms with Crippen LogP contribution in [-0.2, 0) is 0 Å². The summed E-state index contributed by atoms with van der Waals surface area (Å²) in [6.45, 7) is 0. The number of nitrogens with zero attached hydrogens (tertiary/aromatic N) is 3. The van der Waals surface area contributed by atoms with Crippen molar-refractivity contribution in [2.75, 3.05) is 0 Å². The second-order valence-corrected chi connectivity index (χ2v) is 10.5. The molecule has 2 unspecified atom stereocenters. The molecular formula is C27H21Br2N3O3. The Morgan fingerprint density at radius 3 is 2.23 bits per heavy atom. The van der Waals surface area contributed by atoms with Crippen LogP contribution in [0.4, 0.5) is 5.69 Å². The van der Waals surface area contributed by atoms with Crippen molar-refractivity contribution in [3.8, 4) is 0 Å². The Bertz CT molecular complexity index is 1330. The molecule has 35 heavy (non-hydrogen) atoms. The summed E-state index contributed by atoms with van der Waals surface area (Å²) in [7, 11) is 0. The first kappa shape index (κ1) is 23.6. The van der Waals surface area contributed by atoms with Crippen LogP contribution in [0, 0.1) is 16.0 Å². The predicted molar refractivity (Wildman–Crippen MR) is 143 cm³/mol. The van der Waals surface area contributed by atoms with E-state index in [1.807, 2.05) is 36.4 Å². The van der Waals surface area contributed by atoms with Crippen LogP contribution in [0.5, 0.6) is 0 Å². The third kappa shape index (κ3) is 4.86. The highest BCUT2D eigenvalue weighted by molar-refractivity contribution is 9.10. The molecule has 176 valence electrons. The van der Waals surface area contributed by atoms with E-state index in [0.717, 1.165) is 50.6 Å². The summed E-state index contributed by atoms with van der Waals surface area (Å²) >= 11 is 6.98. The van der Waals surface area contributed by atoms with Crippen LogP contribution in [0.3, 0.4) is 0 Å². The Hall–Kier alpha value is -3.10. The fourth-order valence-electron chi connectivity index (χ4n) is 4.78. The van der Waals surface area contributed by atoms with Crippen LogP contribution >= 0.6 is 31.9 Å². The lowest BCUT2D eigenvalue weighted by Crippen LogP contribution is -2.31. The molecule has 0 N–H and O–H groups in total. The molecular weight excluding hydrogens is 574 g/mol. The topological polar surface area (TPSA) is 75.8 Å². The summed E-state index contributed by atoms with van der Waals surface area (Å²) in [6, 6.07) is 21.6. The maximum atomic E-state index is 13.6. The first-order valence-electron chi connectivity index (χ1n) is 11.3. The first-order valence-corrected chi connectivity index (χ1v) is 12.9. The number of carbonyl (C=O) groups excluding carboxylic acids is 1. The molecule has 1 aliphatic heterocycles. The highest BCUT2D eigenvalue weighted by atomic mass is 79.9. The van der Waals surface area contributed by atoms with Gasteiger partial charge in [0.25, 0.3) is 11.6 Å². The predicted octanol–water partition coefficient (Wildman–Crippen LogP) is 7.56. The minimum absolute atomic E-state index is 0.0490. The van der Waals surface area contributed by atoms with E-state index in [4.69, 9.17) is 5.10 Å². The van der Waals surface area contributed by atoms with E-state index in [1.165, 1.54) is 24.3 Å². The molecule has 1 heterocycles. The number of hydrazone groups is 1. The van der Waals surface area contributed by atoms with Gasteiger partial charge in [0.2, 0.25) is 0 Å². The molecule has 1 saturated carbocycles. The number of nitro groups is 1. The van der Waals surface area contributed by atoms with Crippen molar-refractivity contribution in [1.29, 1.82) is 0 Å². The molecule has 2 atom stereocenters. The Morgan fingerprint density at radius 2 is 1.60 bits per heavy atom. The Morgan fingerprint density at radius 1 is 0.971 bits per heavy atom. The number of halogens is 2. The number of nitro benzene ring substituents is 1. The van der Waals surface area contributed by atoms with Gasteiger partial charge in [-0.25, -0.2) is 5.01 Å². The lowest BCUT2D eigenvalue weighted by Gasteiger charge is -2.29. The monoisotopic (exact) mass is 593 g/mol. The van der Waals surface area contributed by atoms with E-state index in [2.05, 4.69) is 50.1 Å². The molecule has 0 spiro atoms. The van der Waals surface area contributed by atoms with Crippen LogP contribution in [0.2, 0.25) is 0 Å². The summed E-state index contributed by atoms with van der Waals surface area (Å²) in [4.78, 5) is 24.2. The second kappa shape index (κ2) is 9.87. The Balaban J connectivity index is 1.55. The number of amides is 1. The van der Waals surface area contributed by atoms with Crippen molar-refractivity contribution in [3.05, 3.63) is 114 Å². The molecule has 0 bridgehead atoms. The standard InChI is InChI=1S/C27H21Br2N3O3/c28-21-10-4-17(5-11-21)16-20-2-1-3-24-25(20)30-31(26(24)18-6-12-22(29)13-7-18)27(33)19-8-14-23(15-9-19)32(34)35/h4-16,24,26H,1-3H2. The number of non-ortho nitro benzene ring substituents is 1. The van der Waals surface area contributed by atoms with E-state index in [9.17, 15) is 14.9 Å². The van der Waals surface area contributed by atoms with E-state index in [0.29, 0.717) is 5.56 Å². The zero-order chi connectivity index (χ0) is 24.5.